The van der Waals surface area contributed by atoms with Crippen molar-refractivity contribution in [2.24, 2.45) is 0 Å². The predicted octanol–water partition coefficient (Wildman–Crippen LogP) is 1.63. The number of carbonyl (C=O) groups excluding carboxylic acids is 1. The van der Waals surface area contributed by atoms with Crippen molar-refractivity contribution >= 4 is 5.97 Å². The van der Waals surface area contributed by atoms with Crippen LogP contribution in [0.3, 0.4) is 0 Å². The van der Waals surface area contributed by atoms with Gasteiger partial charge in [0.15, 0.2) is 5.76 Å². The highest BCUT2D eigenvalue weighted by Crippen LogP contribution is 1.96. The lowest BCUT2D eigenvalue weighted by atomic mass is 10.5. The van der Waals surface area contributed by atoms with Crippen molar-refractivity contribution in [2.75, 3.05) is 19.8 Å². The molecule has 0 saturated heterocycles. The Morgan fingerprint density at radius 2 is 2.07 bits per heavy atom. The summed E-state index contributed by atoms with van der Waals surface area (Å²) in [6, 6.07) is 0. The second kappa shape index (κ2) is 8.16. The molecule has 0 aromatic carbocycles. The fourth-order valence-corrected chi connectivity index (χ4v) is 0.648. The van der Waals surface area contributed by atoms with Gasteiger partial charge in [-0.3, -0.25) is 0 Å². The summed E-state index contributed by atoms with van der Waals surface area (Å²) < 4.78 is 14.6. The van der Waals surface area contributed by atoms with Crippen LogP contribution in [0.5, 0.6) is 0 Å². The number of rotatable bonds is 7. The van der Waals surface area contributed by atoms with E-state index in [4.69, 9.17) is 9.47 Å². The molecular formula is C10H16O4. The normalized spacial score (nSPS) is 9.86. The number of hydrogen-bond donors (Lipinski definition) is 0. The SMILES string of the molecule is C=C(OCCOC=CC)C(=O)OCC. The van der Waals surface area contributed by atoms with E-state index < -0.39 is 5.97 Å². The van der Waals surface area contributed by atoms with E-state index in [1.165, 1.54) is 0 Å². The molecule has 0 amide bonds. The van der Waals surface area contributed by atoms with Gasteiger partial charge < -0.3 is 14.2 Å². The molecular weight excluding hydrogens is 184 g/mol. The summed E-state index contributed by atoms with van der Waals surface area (Å²) in [6.07, 6.45) is 3.32. The van der Waals surface area contributed by atoms with E-state index in [1.54, 1.807) is 19.3 Å². The minimum Gasteiger partial charge on any atom is -0.498 e. The molecule has 0 N–H and O–H groups in total. The summed E-state index contributed by atoms with van der Waals surface area (Å²) in [6.45, 7) is 7.96. The molecule has 0 rings (SSSR count). The standard InChI is InChI=1S/C10H16O4/c1-4-6-12-7-8-14-9(3)10(11)13-5-2/h4,6H,3,5,7-8H2,1-2H3. The first-order valence-corrected chi connectivity index (χ1v) is 4.44. The lowest BCUT2D eigenvalue weighted by Crippen LogP contribution is -2.11. The van der Waals surface area contributed by atoms with Crippen LogP contribution in [0.1, 0.15) is 13.8 Å². The molecule has 0 aromatic heterocycles. The van der Waals surface area contributed by atoms with Crippen LogP contribution < -0.4 is 0 Å². The average Bonchev–Trinajstić information content (AvgIpc) is 2.17. The second-order valence-electron chi connectivity index (χ2n) is 2.33. The molecule has 0 aliphatic heterocycles. The summed E-state index contributed by atoms with van der Waals surface area (Å²) in [5.74, 6) is -0.519. The maximum Gasteiger partial charge on any atom is 0.372 e. The van der Waals surface area contributed by atoms with Gasteiger partial charge in [-0.1, -0.05) is 6.08 Å². The van der Waals surface area contributed by atoms with Gasteiger partial charge in [-0.15, -0.1) is 0 Å². The summed E-state index contributed by atoms with van der Waals surface area (Å²) >= 11 is 0. The Morgan fingerprint density at radius 1 is 1.36 bits per heavy atom. The minimum absolute atomic E-state index is 0.0101. The molecule has 0 fully saturated rings. The van der Waals surface area contributed by atoms with Crippen molar-refractivity contribution in [1.82, 2.24) is 0 Å². The monoisotopic (exact) mass is 200 g/mol. The van der Waals surface area contributed by atoms with Gasteiger partial charge >= 0.3 is 5.97 Å². The second-order valence-corrected chi connectivity index (χ2v) is 2.33. The maximum absolute atomic E-state index is 11.0. The molecule has 0 aliphatic carbocycles. The van der Waals surface area contributed by atoms with E-state index in [0.29, 0.717) is 13.2 Å². The fourth-order valence-electron chi connectivity index (χ4n) is 0.648. The smallest absolute Gasteiger partial charge is 0.372 e. The quantitative estimate of drug-likeness (QED) is 0.271. The Morgan fingerprint density at radius 3 is 2.64 bits per heavy atom. The summed E-state index contributed by atoms with van der Waals surface area (Å²) in [5.41, 5.74) is 0. The Bertz CT molecular complexity index is 208. The van der Waals surface area contributed by atoms with Crippen LogP contribution in [0.2, 0.25) is 0 Å². The van der Waals surface area contributed by atoms with Gasteiger partial charge in [0.05, 0.1) is 12.9 Å². The average molecular weight is 200 g/mol. The first-order valence-electron chi connectivity index (χ1n) is 4.44. The number of ether oxygens (including phenoxy) is 3. The Balaban J connectivity index is 3.48. The number of hydrogen-bond acceptors (Lipinski definition) is 4. The molecule has 0 aliphatic rings. The third-order valence-corrected chi connectivity index (χ3v) is 1.21. The van der Waals surface area contributed by atoms with Gasteiger partial charge in [0.1, 0.15) is 13.2 Å². The van der Waals surface area contributed by atoms with Crippen molar-refractivity contribution in [3.05, 3.63) is 24.7 Å². The number of allylic oxidation sites excluding steroid dienone is 1. The topological polar surface area (TPSA) is 44.8 Å². The Hall–Kier alpha value is -1.45. The van der Waals surface area contributed by atoms with Crippen LogP contribution in [-0.4, -0.2) is 25.8 Å². The van der Waals surface area contributed by atoms with Crippen molar-refractivity contribution < 1.29 is 19.0 Å². The highest BCUT2D eigenvalue weighted by atomic mass is 16.6. The van der Waals surface area contributed by atoms with Gasteiger partial charge in [0.25, 0.3) is 0 Å². The summed E-state index contributed by atoms with van der Waals surface area (Å²) in [7, 11) is 0. The molecule has 0 spiro atoms. The fraction of sp³-hybridized carbons (Fsp3) is 0.500. The molecule has 0 bridgehead atoms. The molecule has 80 valence electrons. The van der Waals surface area contributed by atoms with Crippen molar-refractivity contribution in [1.29, 1.82) is 0 Å². The highest BCUT2D eigenvalue weighted by molar-refractivity contribution is 5.85. The van der Waals surface area contributed by atoms with E-state index in [9.17, 15) is 4.79 Å². The summed E-state index contributed by atoms with van der Waals surface area (Å²) in [4.78, 5) is 11.0. The predicted molar refractivity (Wildman–Crippen MR) is 52.5 cm³/mol. The maximum atomic E-state index is 11.0. The minimum atomic E-state index is -0.529. The highest BCUT2D eigenvalue weighted by Gasteiger charge is 2.07. The molecule has 4 heteroatoms. The molecule has 0 radical (unpaired) electrons. The first-order chi connectivity index (χ1) is 6.72. The van der Waals surface area contributed by atoms with Crippen LogP contribution in [0, 0.1) is 0 Å². The van der Waals surface area contributed by atoms with Crippen molar-refractivity contribution in [2.45, 2.75) is 13.8 Å². The van der Waals surface area contributed by atoms with E-state index >= 15 is 0 Å². The Kier molecular flexibility index (Phi) is 7.32. The molecule has 0 heterocycles. The third kappa shape index (κ3) is 6.11. The van der Waals surface area contributed by atoms with E-state index in [0.717, 1.165) is 0 Å². The lowest BCUT2D eigenvalue weighted by Gasteiger charge is -2.07. The van der Waals surface area contributed by atoms with Gasteiger partial charge in [-0.05, 0) is 20.4 Å². The van der Waals surface area contributed by atoms with E-state index in [-0.39, 0.29) is 12.4 Å². The van der Waals surface area contributed by atoms with Gasteiger partial charge in [-0.25, -0.2) is 4.79 Å². The van der Waals surface area contributed by atoms with Crippen LogP contribution in [0.4, 0.5) is 0 Å². The molecule has 0 unspecified atom stereocenters. The molecule has 0 aromatic rings. The molecule has 0 saturated carbocycles. The summed E-state index contributed by atoms with van der Waals surface area (Å²) in [5, 5.41) is 0. The lowest BCUT2D eigenvalue weighted by molar-refractivity contribution is -0.142. The molecule has 4 nitrogen and oxygen atoms in total. The van der Waals surface area contributed by atoms with Gasteiger partial charge in [0, 0.05) is 0 Å². The molecule has 14 heavy (non-hydrogen) atoms. The van der Waals surface area contributed by atoms with E-state index in [1.807, 2.05) is 6.92 Å². The zero-order chi connectivity index (χ0) is 10.8. The Labute approximate surface area is 84.1 Å². The van der Waals surface area contributed by atoms with Crippen molar-refractivity contribution in [3.8, 4) is 0 Å². The first kappa shape index (κ1) is 12.6. The largest absolute Gasteiger partial charge is 0.498 e. The van der Waals surface area contributed by atoms with Gasteiger partial charge in [0.2, 0.25) is 0 Å². The number of carbonyl (C=O) groups is 1. The third-order valence-electron chi connectivity index (χ3n) is 1.21. The number of esters is 1. The van der Waals surface area contributed by atoms with Crippen LogP contribution in [0.25, 0.3) is 0 Å². The van der Waals surface area contributed by atoms with Gasteiger partial charge in [-0.2, -0.15) is 0 Å². The molecule has 0 atom stereocenters. The van der Waals surface area contributed by atoms with Crippen LogP contribution in [0.15, 0.2) is 24.7 Å². The van der Waals surface area contributed by atoms with E-state index in [2.05, 4.69) is 11.3 Å². The van der Waals surface area contributed by atoms with Crippen LogP contribution in [-0.2, 0) is 19.0 Å². The van der Waals surface area contributed by atoms with Crippen LogP contribution >= 0.6 is 0 Å². The zero-order valence-corrected chi connectivity index (χ0v) is 8.62. The van der Waals surface area contributed by atoms with Crippen molar-refractivity contribution in [3.63, 3.8) is 0 Å². The zero-order valence-electron chi connectivity index (χ0n) is 8.62.